The van der Waals surface area contributed by atoms with Crippen LogP contribution < -0.4 is 5.84 Å². The molecule has 0 atom stereocenters. The van der Waals surface area contributed by atoms with Gasteiger partial charge in [0.15, 0.2) is 11.6 Å². The number of hydrogen-bond donors (Lipinski definition) is 1. The maximum absolute atomic E-state index is 13.8. The molecular formula is C30H32N8O4S2. The molecular weight excluding hydrogens is 601 g/mol. The summed E-state index contributed by atoms with van der Waals surface area (Å²) in [4.78, 5) is 8.79. The molecule has 3 heterocycles. The lowest BCUT2D eigenvalue weighted by molar-refractivity contribution is 0.376. The first-order chi connectivity index (χ1) is 21.0. The number of benzene rings is 2. The van der Waals surface area contributed by atoms with Crippen LogP contribution in [0, 0.1) is 13.8 Å². The zero-order valence-corrected chi connectivity index (χ0v) is 25.9. The van der Waals surface area contributed by atoms with Gasteiger partial charge in [-0.3, -0.25) is 9.97 Å². The molecule has 12 nitrogen and oxygen atoms in total. The van der Waals surface area contributed by atoms with Gasteiger partial charge in [-0.2, -0.15) is 8.61 Å². The molecule has 2 N–H and O–H groups in total. The van der Waals surface area contributed by atoms with Gasteiger partial charge in [0.05, 0.1) is 47.4 Å². The molecule has 0 aliphatic rings. The molecule has 44 heavy (non-hydrogen) atoms. The van der Waals surface area contributed by atoms with Gasteiger partial charge in [-0.25, -0.2) is 21.5 Å². The summed E-state index contributed by atoms with van der Waals surface area (Å²) in [5.41, 5.74) is 2.89. The normalized spacial score (nSPS) is 12.2. The molecule has 2 aromatic carbocycles. The highest BCUT2D eigenvalue weighted by molar-refractivity contribution is 7.89. The highest BCUT2D eigenvalue weighted by Crippen LogP contribution is 2.23. The van der Waals surface area contributed by atoms with Gasteiger partial charge in [0.2, 0.25) is 20.0 Å². The van der Waals surface area contributed by atoms with Crippen molar-refractivity contribution >= 4 is 20.0 Å². The number of nitrogen functional groups attached to an aromatic ring is 1. The van der Waals surface area contributed by atoms with Gasteiger partial charge in [-0.1, -0.05) is 47.5 Å². The number of aryl methyl sites for hydroxylation is 2. The smallest absolute Gasteiger partial charge is 0.243 e. The minimum Gasteiger partial charge on any atom is -0.336 e. The van der Waals surface area contributed by atoms with Crippen LogP contribution in [0.5, 0.6) is 0 Å². The third-order valence-corrected chi connectivity index (χ3v) is 10.5. The van der Waals surface area contributed by atoms with E-state index >= 15 is 0 Å². The summed E-state index contributed by atoms with van der Waals surface area (Å²) >= 11 is 0. The highest BCUT2D eigenvalue weighted by Gasteiger charge is 2.30. The van der Waals surface area contributed by atoms with Gasteiger partial charge in [-0.05, 0) is 62.4 Å². The molecule has 0 saturated heterocycles. The zero-order chi connectivity index (χ0) is 31.3. The fourth-order valence-electron chi connectivity index (χ4n) is 4.41. The van der Waals surface area contributed by atoms with Crippen molar-refractivity contribution in [3.8, 4) is 0 Å². The number of pyridine rings is 2. The molecule has 14 heteroatoms. The Morgan fingerprint density at radius 2 is 0.977 bits per heavy atom. The van der Waals surface area contributed by atoms with Crippen LogP contribution in [0.25, 0.3) is 0 Å². The van der Waals surface area contributed by atoms with Gasteiger partial charge in [0.25, 0.3) is 0 Å². The minimum absolute atomic E-state index is 0.0488. The first-order valence-corrected chi connectivity index (χ1v) is 16.5. The second-order valence-corrected chi connectivity index (χ2v) is 14.1. The van der Waals surface area contributed by atoms with Gasteiger partial charge < -0.3 is 5.84 Å². The highest BCUT2D eigenvalue weighted by atomic mass is 32.2. The fraction of sp³-hybridized carbons (Fsp3) is 0.200. The van der Waals surface area contributed by atoms with Crippen LogP contribution in [0.15, 0.2) is 107 Å². The van der Waals surface area contributed by atoms with Crippen LogP contribution in [-0.2, 0) is 46.2 Å². The summed E-state index contributed by atoms with van der Waals surface area (Å²) < 4.78 is 58.6. The van der Waals surface area contributed by atoms with E-state index in [1.165, 1.54) is 8.61 Å². The number of hydrogen-bond acceptors (Lipinski definition) is 9. The van der Waals surface area contributed by atoms with E-state index in [9.17, 15) is 16.8 Å². The van der Waals surface area contributed by atoms with E-state index in [0.717, 1.165) is 15.8 Å². The molecule has 3 aromatic heterocycles. The van der Waals surface area contributed by atoms with Gasteiger partial charge in [-0.15, -0.1) is 10.2 Å². The predicted molar refractivity (Wildman–Crippen MR) is 164 cm³/mol. The lowest BCUT2D eigenvalue weighted by atomic mass is 10.2. The summed E-state index contributed by atoms with van der Waals surface area (Å²) in [5, 5.41) is 8.34. The third kappa shape index (κ3) is 7.00. The van der Waals surface area contributed by atoms with Gasteiger partial charge in [0.1, 0.15) is 0 Å². The molecule has 0 saturated carbocycles. The minimum atomic E-state index is -4.01. The summed E-state index contributed by atoms with van der Waals surface area (Å²) in [6, 6.07) is 23.5. The second kappa shape index (κ2) is 13.0. The SMILES string of the molecule is Cc1ccc(S(=O)(=O)N(Cc2ccccn2)Cc2nnc(CN(Cc3ccccn3)S(=O)(=O)c3ccc(C)cc3)n2N)cc1. The number of rotatable bonds is 12. The van der Waals surface area contributed by atoms with E-state index in [0.29, 0.717) is 11.4 Å². The number of nitrogens with zero attached hydrogens (tertiary/aromatic N) is 7. The lowest BCUT2D eigenvalue weighted by Crippen LogP contribution is -2.34. The van der Waals surface area contributed by atoms with Crippen molar-refractivity contribution in [1.82, 2.24) is 33.5 Å². The third-order valence-electron chi connectivity index (χ3n) is 6.92. The van der Waals surface area contributed by atoms with Crippen molar-refractivity contribution in [3.63, 3.8) is 0 Å². The maximum atomic E-state index is 13.8. The lowest BCUT2D eigenvalue weighted by Gasteiger charge is -2.23. The Morgan fingerprint density at radius 3 is 1.32 bits per heavy atom. The molecule has 0 aliphatic heterocycles. The summed E-state index contributed by atoms with van der Waals surface area (Å²) in [6.45, 7) is 3.18. The summed E-state index contributed by atoms with van der Waals surface area (Å²) in [7, 11) is -8.01. The molecule has 5 rings (SSSR count). The topological polar surface area (TPSA) is 157 Å². The summed E-state index contributed by atoms with van der Waals surface area (Å²) in [5.74, 6) is 6.65. The molecule has 0 bridgehead atoms. The average molecular weight is 633 g/mol. The molecule has 228 valence electrons. The van der Waals surface area contributed by atoms with E-state index in [4.69, 9.17) is 5.84 Å². The molecule has 0 unspecified atom stereocenters. The quantitative estimate of drug-likeness (QED) is 0.204. The van der Waals surface area contributed by atoms with Crippen molar-refractivity contribution in [2.75, 3.05) is 5.84 Å². The predicted octanol–water partition coefficient (Wildman–Crippen LogP) is 3.18. The first kappa shape index (κ1) is 30.9. The Labute approximate surface area is 256 Å². The number of sulfonamides is 2. The Kier molecular flexibility index (Phi) is 9.15. The largest absolute Gasteiger partial charge is 0.336 e. The molecule has 0 spiro atoms. The molecule has 0 radical (unpaired) electrons. The first-order valence-electron chi connectivity index (χ1n) is 13.7. The van der Waals surface area contributed by atoms with E-state index < -0.39 is 20.0 Å². The monoisotopic (exact) mass is 632 g/mol. The zero-order valence-electron chi connectivity index (χ0n) is 24.2. The maximum Gasteiger partial charge on any atom is 0.243 e. The van der Waals surface area contributed by atoms with Crippen LogP contribution in [-0.4, -0.2) is 50.3 Å². The Hall–Kier alpha value is -4.50. The number of aromatic nitrogens is 5. The van der Waals surface area contributed by atoms with E-state index in [1.807, 2.05) is 13.8 Å². The van der Waals surface area contributed by atoms with Gasteiger partial charge in [0, 0.05) is 12.4 Å². The van der Waals surface area contributed by atoms with Crippen LogP contribution >= 0.6 is 0 Å². The van der Waals surface area contributed by atoms with Crippen LogP contribution in [0.2, 0.25) is 0 Å². The van der Waals surface area contributed by atoms with E-state index in [2.05, 4.69) is 20.2 Å². The summed E-state index contributed by atoms with van der Waals surface area (Å²) in [6.07, 6.45) is 3.17. The Morgan fingerprint density at radius 1 is 0.591 bits per heavy atom. The van der Waals surface area contributed by atoms with Crippen molar-refractivity contribution in [3.05, 3.63) is 131 Å². The number of nitrogens with two attached hydrogens (primary N) is 1. The molecule has 5 aromatic rings. The average Bonchev–Trinajstić information content (AvgIpc) is 3.36. The van der Waals surface area contributed by atoms with Crippen LogP contribution in [0.3, 0.4) is 0 Å². The van der Waals surface area contributed by atoms with E-state index in [-0.39, 0.29) is 47.6 Å². The molecule has 0 fully saturated rings. The van der Waals surface area contributed by atoms with Crippen molar-refractivity contribution in [1.29, 1.82) is 0 Å². The van der Waals surface area contributed by atoms with Crippen molar-refractivity contribution in [2.24, 2.45) is 0 Å². The molecule has 0 amide bonds. The standard InChI is InChI=1S/C30H32N8O4S2/c1-23-9-13-27(14-10-23)43(39,40)36(19-25-7-3-5-17-32-25)21-29-34-35-30(38(29)31)22-37(20-26-8-4-6-18-33-26)44(41,42)28-15-11-24(2)12-16-28/h3-18H,19-22,31H2,1-2H3. The molecule has 0 aliphatic carbocycles. The van der Waals surface area contributed by atoms with Crippen molar-refractivity contribution < 1.29 is 16.8 Å². The van der Waals surface area contributed by atoms with Gasteiger partial charge >= 0.3 is 0 Å². The second-order valence-electron chi connectivity index (χ2n) is 10.2. The van der Waals surface area contributed by atoms with Crippen LogP contribution in [0.4, 0.5) is 0 Å². The Bertz CT molecular complexity index is 1780. The van der Waals surface area contributed by atoms with Crippen LogP contribution in [0.1, 0.15) is 34.2 Å². The fourth-order valence-corrected chi connectivity index (χ4v) is 7.14. The van der Waals surface area contributed by atoms with E-state index in [1.54, 1.807) is 97.3 Å². The Balaban J connectivity index is 1.47. The van der Waals surface area contributed by atoms with Crippen molar-refractivity contribution in [2.45, 2.75) is 49.8 Å².